The molecule has 51 heavy (non-hydrogen) atoms. The number of nitrogens with zero attached hydrogens (tertiary/aromatic N) is 5. The van der Waals surface area contributed by atoms with Crippen LogP contribution in [0.25, 0.3) is 0 Å². The zero-order chi connectivity index (χ0) is 37.2. The predicted molar refractivity (Wildman–Crippen MR) is 187 cm³/mol. The third-order valence-electron chi connectivity index (χ3n) is 9.39. The molecule has 2 aromatic rings. The zero-order valence-electron chi connectivity index (χ0n) is 30.5. The van der Waals surface area contributed by atoms with Crippen LogP contribution in [0.4, 0.5) is 0 Å². The van der Waals surface area contributed by atoms with Crippen LogP contribution in [0.15, 0.2) is 23.8 Å². The predicted octanol–water partition coefficient (Wildman–Crippen LogP) is 2.18. The van der Waals surface area contributed by atoms with Crippen LogP contribution in [0.5, 0.6) is 0 Å². The van der Waals surface area contributed by atoms with Gasteiger partial charge in [-0.05, 0) is 44.2 Å². The number of methoxy groups -OCH3 is 1. The first-order chi connectivity index (χ1) is 24.3. The van der Waals surface area contributed by atoms with Crippen LogP contribution in [-0.4, -0.2) is 120 Å². The molecule has 16 heteroatoms. The minimum Gasteiger partial charge on any atom is -0.469 e. The zero-order valence-corrected chi connectivity index (χ0v) is 31.3. The molecule has 1 aliphatic carbocycles. The second-order valence-electron chi connectivity index (χ2n) is 13.8. The molecule has 6 atom stereocenters. The largest absolute Gasteiger partial charge is 0.469 e. The molecule has 0 bridgehead atoms. The number of esters is 2. The van der Waals surface area contributed by atoms with Crippen molar-refractivity contribution < 1.29 is 38.2 Å². The highest BCUT2D eigenvalue weighted by Gasteiger charge is 2.42. The minimum absolute atomic E-state index is 0.0451. The van der Waals surface area contributed by atoms with Crippen molar-refractivity contribution in [2.75, 3.05) is 41.0 Å². The van der Waals surface area contributed by atoms with Gasteiger partial charge in [-0.2, -0.15) is 0 Å². The molecule has 0 radical (unpaired) electrons. The van der Waals surface area contributed by atoms with Gasteiger partial charge in [-0.1, -0.05) is 20.8 Å². The van der Waals surface area contributed by atoms with Crippen molar-refractivity contribution >= 4 is 41.0 Å². The molecule has 3 amide bonds. The first-order valence-electron chi connectivity index (χ1n) is 17.4. The van der Waals surface area contributed by atoms with E-state index in [0.717, 1.165) is 12.8 Å². The fourth-order valence-electron chi connectivity index (χ4n) is 6.27. The molecule has 0 unspecified atom stereocenters. The second-order valence-corrected chi connectivity index (χ2v) is 14.6. The molecule has 2 fully saturated rings. The Hall–Kier alpha value is -4.02. The SMILES string of the molecule is COC(=O)[C@@H](C)C[C@H](Cc1ncccn1)NC(=O)c1csc([C@@H](C[C@H](C(C)C)N(C)C(=O)[C@@H](NC(=O)[C@H]2COCCN2C)C2CC2)OC(C)=O)n1. The van der Waals surface area contributed by atoms with Crippen molar-refractivity contribution in [2.45, 2.75) is 90.1 Å². The molecule has 15 nitrogen and oxygen atoms in total. The summed E-state index contributed by atoms with van der Waals surface area (Å²) in [4.78, 5) is 81.9. The van der Waals surface area contributed by atoms with Crippen molar-refractivity contribution in [3.63, 3.8) is 0 Å². The summed E-state index contributed by atoms with van der Waals surface area (Å²) in [5, 5.41) is 7.96. The van der Waals surface area contributed by atoms with Gasteiger partial charge in [0.05, 0.1) is 26.2 Å². The minimum atomic E-state index is -0.841. The van der Waals surface area contributed by atoms with Crippen LogP contribution in [-0.2, 0) is 39.8 Å². The molecule has 1 saturated carbocycles. The van der Waals surface area contributed by atoms with Gasteiger partial charge >= 0.3 is 11.9 Å². The number of hydrogen-bond donors (Lipinski definition) is 2. The maximum absolute atomic E-state index is 14.0. The normalized spacial score (nSPS) is 19.3. The lowest BCUT2D eigenvalue weighted by atomic mass is 9.95. The molecule has 280 valence electrons. The molecule has 2 aliphatic rings. The second kappa shape index (κ2) is 18.5. The third-order valence-corrected chi connectivity index (χ3v) is 10.3. The maximum Gasteiger partial charge on any atom is 0.308 e. The highest BCUT2D eigenvalue weighted by molar-refractivity contribution is 7.09. The van der Waals surface area contributed by atoms with Crippen LogP contribution in [0, 0.1) is 17.8 Å². The number of aromatic nitrogens is 3. The number of likely N-dealkylation sites (N-methyl/N-ethyl adjacent to an activating group) is 2. The Bertz CT molecular complexity index is 1500. The molecule has 2 N–H and O–H groups in total. The van der Waals surface area contributed by atoms with Crippen molar-refractivity contribution in [1.29, 1.82) is 0 Å². The average molecular weight is 730 g/mol. The number of ether oxygens (including phenoxy) is 3. The molecule has 0 aromatic carbocycles. The van der Waals surface area contributed by atoms with Crippen LogP contribution >= 0.6 is 11.3 Å². The number of carbonyl (C=O) groups is 5. The van der Waals surface area contributed by atoms with Gasteiger partial charge in [-0.3, -0.25) is 28.9 Å². The van der Waals surface area contributed by atoms with Gasteiger partial charge in [0.15, 0.2) is 6.10 Å². The summed E-state index contributed by atoms with van der Waals surface area (Å²) in [7, 11) is 4.90. The van der Waals surface area contributed by atoms with Gasteiger partial charge in [0.1, 0.15) is 28.6 Å². The topological polar surface area (TPSA) is 182 Å². The van der Waals surface area contributed by atoms with Crippen molar-refractivity contribution in [1.82, 2.24) is 35.4 Å². The van der Waals surface area contributed by atoms with Crippen LogP contribution in [0.2, 0.25) is 0 Å². The fraction of sp³-hybridized carbons (Fsp3) is 0.657. The molecule has 2 aromatic heterocycles. The van der Waals surface area contributed by atoms with Crippen molar-refractivity contribution in [3.8, 4) is 0 Å². The summed E-state index contributed by atoms with van der Waals surface area (Å²) in [6.45, 7) is 8.43. The van der Waals surface area contributed by atoms with E-state index in [-0.39, 0.29) is 55.2 Å². The monoisotopic (exact) mass is 729 g/mol. The van der Waals surface area contributed by atoms with Crippen LogP contribution < -0.4 is 10.6 Å². The number of thiazole rings is 1. The Morgan fingerprint density at radius 2 is 1.80 bits per heavy atom. The molecule has 1 saturated heterocycles. The summed E-state index contributed by atoms with van der Waals surface area (Å²) >= 11 is 1.18. The van der Waals surface area contributed by atoms with Crippen molar-refractivity contribution in [2.24, 2.45) is 17.8 Å². The summed E-state index contributed by atoms with van der Waals surface area (Å²) in [6.07, 6.45) is 4.85. The molecule has 0 spiro atoms. The van der Waals surface area contributed by atoms with Gasteiger partial charge in [-0.15, -0.1) is 11.3 Å². The summed E-state index contributed by atoms with van der Waals surface area (Å²) in [5.41, 5.74) is 0.121. The number of nitrogens with one attached hydrogen (secondary N) is 2. The first-order valence-corrected chi connectivity index (χ1v) is 18.3. The van der Waals surface area contributed by atoms with Crippen LogP contribution in [0.3, 0.4) is 0 Å². The van der Waals surface area contributed by atoms with Gasteiger partial charge in [-0.25, -0.2) is 15.0 Å². The number of morpholine rings is 1. The fourth-order valence-corrected chi connectivity index (χ4v) is 7.11. The number of rotatable bonds is 17. The molecular weight excluding hydrogens is 678 g/mol. The lowest BCUT2D eigenvalue weighted by molar-refractivity contribution is -0.149. The Kier molecular flexibility index (Phi) is 14.4. The highest BCUT2D eigenvalue weighted by Crippen LogP contribution is 2.35. The number of amides is 3. The van der Waals surface area contributed by atoms with E-state index in [1.54, 1.807) is 42.7 Å². The smallest absolute Gasteiger partial charge is 0.308 e. The van der Waals surface area contributed by atoms with E-state index in [0.29, 0.717) is 24.0 Å². The van der Waals surface area contributed by atoms with Gasteiger partial charge in [0.2, 0.25) is 11.8 Å². The lowest BCUT2D eigenvalue weighted by Gasteiger charge is -2.37. The van der Waals surface area contributed by atoms with Gasteiger partial charge in [0, 0.05) is 63.2 Å². The van der Waals surface area contributed by atoms with Gasteiger partial charge < -0.3 is 29.7 Å². The van der Waals surface area contributed by atoms with E-state index >= 15 is 0 Å². The first kappa shape index (κ1) is 39.8. The lowest BCUT2D eigenvalue weighted by Crippen LogP contribution is -2.58. The van der Waals surface area contributed by atoms with Crippen LogP contribution in [0.1, 0.15) is 80.8 Å². The third kappa shape index (κ3) is 11.2. The molecular formula is C35H51N7O8S. The number of carbonyl (C=O) groups excluding carboxylic acids is 5. The average Bonchev–Trinajstić information content (AvgIpc) is 3.82. The Morgan fingerprint density at radius 1 is 1.10 bits per heavy atom. The quantitative estimate of drug-likeness (QED) is 0.227. The maximum atomic E-state index is 14.0. The van der Waals surface area contributed by atoms with E-state index < -0.39 is 54.0 Å². The van der Waals surface area contributed by atoms with E-state index in [1.165, 1.54) is 25.4 Å². The van der Waals surface area contributed by atoms with E-state index in [9.17, 15) is 24.0 Å². The van der Waals surface area contributed by atoms with E-state index in [1.807, 2.05) is 25.8 Å². The Balaban J connectivity index is 1.49. The molecule has 3 heterocycles. The summed E-state index contributed by atoms with van der Waals surface area (Å²) < 4.78 is 16.2. The van der Waals surface area contributed by atoms with E-state index in [2.05, 4.69) is 25.6 Å². The van der Waals surface area contributed by atoms with Gasteiger partial charge in [0.25, 0.3) is 5.91 Å². The van der Waals surface area contributed by atoms with E-state index in [4.69, 9.17) is 14.2 Å². The molecule has 1 aliphatic heterocycles. The van der Waals surface area contributed by atoms with Crippen molar-refractivity contribution in [3.05, 3.63) is 40.4 Å². The number of hydrogen-bond acceptors (Lipinski definition) is 13. The standard InChI is InChI=1S/C35H51N7O8S/c1-20(2)26(42(6)34(46)30(23-9-10-23)40-32(45)27-18-49-14-13-41(27)5)17-28(50-22(4)43)33-39-25(19-51-33)31(44)38-24(15-21(3)35(47)48-7)16-29-36-11-8-12-37-29/h8,11-12,19-21,23-24,26-28,30H,9-10,13-18H2,1-7H3,(H,38,44)(H,40,45)/t21-,24+,26+,27+,28+,30-/m0/s1. The Labute approximate surface area is 303 Å². The summed E-state index contributed by atoms with van der Waals surface area (Å²) in [5.74, 6) is -1.84. The molecule has 4 rings (SSSR count). The summed E-state index contributed by atoms with van der Waals surface area (Å²) in [6, 6.07) is -0.353. The Morgan fingerprint density at radius 3 is 2.41 bits per heavy atom. The highest BCUT2D eigenvalue weighted by atomic mass is 32.1.